The Balaban J connectivity index is 1.97. The van der Waals surface area contributed by atoms with Crippen LogP contribution in [-0.4, -0.2) is 43.1 Å². The van der Waals surface area contributed by atoms with E-state index in [-0.39, 0.29) is 31.6 Å². The SMILES string of the molecule is CCNC(=O)CN(CC)C(=O)Cc1ccc2c(c1)OCO2. The molecule has 6 nitrogen and oxygen atoms in total. The van der Waals surface area contributed by atoms with Crippen LogP contribution in [0, 0.1) is 0 Å². The lowest BCUT2D eigenvalue weighted by Gasteiger charge is -2.20. The normalized spacial score (nSPS) is 12.1. The van der Waals surface area contributed by atoms with Crippen LogP contribution in [0.4, 0.5) is 0 Å². The van der Waals surface area contributed by atoms with Gasteiger partial charge in [-0.15, -0.1) is 0 Å². The third kappa shape index (κ3) is 3.87. The van der Waals surface area contributed by atoms with E-state index in [1.807, 2.05) is 19.9 Å². The maximum Gasteiger partial charge on any atom is 0.239 e. The molecule has 1 heterocycles. The zero-order valence-corrected chi connectivity index (χ0v) is 12.3. The highest BCUT2D eigenvalue weighted by Gasteiger charge is 2.18. The van der Waals surface area contributed by atoms with Gasteiger partial charge in [-0.2, -0.15) is 0 Å². The van der Waals surface area contributed by atoms with Gasteiger partial charge in [-0.25, -0.2) is 0 Å². The molecule has 0 radical (unpaired) electrons. The van der Waals surface area contributed by atoms with E-state index in [9.17, 15) is 9.59 Å². The quantitative estimate of drug-likeness (QED) is 0.847. The molecular weight excluding hydrogens is 272 g/mol. The smallest absolute Gasteiger partial charge is 0.239 e. The third-order valence-electron chi connectivity index (χ3n) is 3.24. The first-order chi connectivity index (χ1) is 10.1. The Hall–Kier alpha value is -2.24. The second kappa shape index (κ2) is 6.97. The fourth-order valence-electron chi connectivity index (χ4n) is 2.14. The van der Waals surface area contributed by atoms with E-state index in [1.54, 1.807) is 12.1 Å². The van der Waals surface area contributed by atoms with Crippen LogP contribution in [-0.2, 0) is 16.0 Å². The third-order valence-corrected chi connectivity index (χ3v) is 3.24. The fraction of sp³-hybridized carbons (Fsp3) is 0.467. The molecule has 1 aliphatic rings. The highest BCUT2D eigenvalue weighted by Crippen LogP contribution is 2.32. The Morgan fingerprint density at radius 3 is 2.71 bits per heavy atom. The van der Waals surface area contributed by atoms with E-state index in [1.165, 1.54) is 4.90 Å². The predicted octanol–water partition coefficient (Wildman–Crippen LogP) is 0.942. The first-order valence-corrected chi connectivity index (χ1v) is 7.07. The number of carbonyl (C=O) groups excluding carboxylic acids is 2. The van der Waals surface area contributed by atoms with Gasteiger partial charge in [-0.05, 0) is 31.5 Å². The van der Waals surface area contributed by atoms with E-state index in [2.05, 4.69) is 5.32 Å². The van der Waals surface area contributed by atoms with E-state index in [0.717, 1.165) is 5.56 Å². The molecule has 0 fully saturated rings. The van der Waals surface area contributed by atoms with Crippen molar-refractivity contribution in [1.82, 2.24) is 10.2 Å². The van der Waals surface area contributed by atoms with Crippen LogP contribution in [0.5, 0.6) is 11.5 Å². The summed E-state index contributed by atoms with van der Waals surface area (Å²) >= 11 is 0. The molecule has 0 unspecified atom stereocenters. The molecule has 0 bridgehead atoms. The average molecular weight is 292 g/mol. The number of amides is 2. The summed E-state index contributed by atoms with van der Waals surface area (Å²) in [5, 5.41) is 2.69. The topological polar surface area (TPSA) is 67.9 Å². The largest absolute Gasteiger partial charge is 0.454 e. The van der Waals surface area contributed by atoms with Crippen molar-refractivity contribution in [3.63, 3.8) is 0 Å². The minimum absolute atomic E-state index is 0.0809. The van der Waals surface area contributed by atoms with Crippen LogP contribution in [0.2, 0.25) is 0 Å². The minimum atomic E-state index is -0.140. The van der Waals surface area contributed by atoms with Crippen molar-refractivity contribution in [1.29, 1.82) is 0 Å². The highest BCUT2D eigenvalue weighted by molar-refractivity contribution is 5.85. The number of benzene rings is 1. The number of hydrogen-bond donors (Lipinski definition) is 1. The number of likely N-dealkylation sites (N-methyl/N-ethyl adjacent to an activating group) is 2. The summed E-state index contributed by atoms with van der Waals surface area (Å²) in [4.78, 5) is 25.4. The standard InChI is InChI=1S/C15H20N2O4/c1-3-16-14(18)9-17(4-2)15(19)8-11-5-6-12-13(7-11)21-10-20-12/h5-7H,3-4,8-10H2,1-2H3,(H,16,18). The van der Waals surface area contributed by atoms with Crippen molar-refractivity contribution in [3.8, 4) is 11.5 Å². The van der Waals surface area contributed by atoms with Gasteiger partial charge in [0.25, 0.3) is 0 Å². The lowest BCUT2D eigenvalue weighted by molar-refractivity contribution is -0.135. The molecular formula is C15H20N2O4. The van der Waals surface area contributed by atoms with Crippen molar-refractivity contribution >= 4 is 11.8 Å². The van der Waals surface area contributed by atoms with Gasteiger partial charge in [0.05, 0.1) is 13.0 Å². The van der Waals surface area contributed by atoms with Crippen molar-refractivity contribution in [2.24, 2.45) is 0 Å². The zero-order valence-electron chi connectivity index (χ0n) is 12.3. The monoisotopic (exact) mass is 292 g/mol. The first-order valence-electron chi connectivity index (χ1n) is 7.07. The van der Waals surface area contributed by atoms with Crippen LogP contribution < -0.4 is 14.8 Å². The number of ether oxygens (including phenoxy) is 2. The maximum absolute atomic E-state index is 12.3. The van der Waals surface area contributed by atoms with Crippen LogP contribution in [0.25, 0.3) is 0 Å². The van der Waals surface area contributed by atoms with Gasteiger partial charge in [0.2, 0.25) is 18.6 Å². The van der Waals surface area contributed by atoms with Crippen LogP contribution in [0.1, 0.15) is 19.4 Å². The van der Waals surface area contributed by atoms with Crippen LogP contribution >= 0.6 is 0 Å². The van der Waals surface area contributed by atoms with Gasteiger partial charge < -0.3 is 19.7 Å². The summed E-state index contributed by atoms with van der Waals surface area (Å²) in [7, 11) is 0. The second-order valence-electron chi connectivity index (χ2n) is 4.73. The van der Waals surface area contributed by atoms with Crippen molar-refractivity contribution in [2.75, 3.05) is 26.4 Å². The van der Waals surface area contributed by atoms with Gasteiger partial charge in [0.15, 0.2) is 11.5 Å². The molecule has 1 aromatic carbocycles. The van der Waals surface area contributed by atoms with Gasteiger partial charge in [-0.3, -0.25) is 9.59 Å². The minimum Gasteiger partial charge on any atom is -0.454 e. The van der Waals surface area contributed by atoms with Gasteiger partial charge >= 0.3 is 0 Å². The molecule has 0 spiro atoms. The summed E-state index contributed by atoms with van der Waals surface area (Å²) in [5.41, 5.74) is 0.846. The Morgan fingerprint density at radius 2 is 2.00 bits per heavy atom. The van der Waals surface area contributed by atoms with Gasteiger partial charge in [0, 0.05) is 13.1 Å². The number of hydrogen-bond acceptors (Lipinski definition) is 4. The van der Waals surface area contributed by atoms with Crippen molar-refractivity contribution in [2.45, 2.75) is 20.3 Å². The molecule has 0 saturated carbocycles. The molecule has 2 rings (SSSR count). The molecule has 0 aromatic heterocycles. The predicted molar refractivity (Wildman–Crippen MR) is 77.2 cm³/mol. The number of nitrogens with one attached hydrogen (secondary N) is 1. The molecule has 1 N–H and O–H groups in total. The lowest BCUT2D eigenvalue weighted by Crippen LogP contribution is -2.41. The summed E-state index contributed by atoms with van der Waals surface area (Å²) < 4.78 is 10.5. The van der Waals surface area contributed by atoms with E-state index in [4.69, 9.17) is 9.47 Å². The summed E-state index contributed by atoms with van der Waals surface area (Å²) in [5.74, 6) is 1.13. The molecule has 0 aliphatic carbocycles. The van der Waals surface area contributed by atoms with E-state index in [0.29, 0.717) is 24.6 Å². The molecule has 1 aliphatic heterocycles. The number of rotatable bonds is 6. The Labute approximate surface area is 124 Å². The van der Waals surface area contributed by atoms with Crippen molar-refractivity contribution in [3.05, 3.63) is 23.8 Å². The number of carbonyl (C=O) groups is 2. The van der Waals surface area contributed by atoms with Crippen LogP contribution in [0.3, 0.4) is 0 Å². The summed E-state index contributed by atoms with van der Waals surface area (Å²) in [6.07, 6.45) is 0.240. The Kier molecular flexibility index (Phi) is 5.03. The fourth-order valence-corrected chi connectivity index (χ4v) is 2.14. The molecule has 21 heavy (non-hydrogen) atoms. The number of nitrogens with zero attached hydrogens (tertiary/aromatic N) is 1. The van der Waals surface area contributed by atoms with Gasteiger partial charge in [-0.1, -0.05) is 6.07 Å². The van der Waals surface area contributed by atoms with Gasteiger partial charge in [0.1, 0.15) is 0 Å². The Morgan fingerprint density at radius 1 is 1.24 bits per heavy atom. The zero-order chi connectivity index (χ0) is 15.2. The van der Waals surface area contributed by atoms with Crippen molar-refractivity contribution < 1.29 is 19.1 Å². The van der Waals surface area contributed by atoms with E-state index >= 15 is 0 Å². The molecule has 0 atom stereocenters. The number of fused-ring (bicyclic) bond motifs is 1. The van der Waals surface area contributed by atoms with Crippen LogP contribution in [0.15, 0.2) is 18.2 Å². The maximum atomic E-state index is 12.3. The average Bonchev–Trinajstić information content (AvgIpc) is 2.92. The lowest BCUT2D eigenvalue weighted by atomic mass is 10.1. The molecule has 2 amide bonds. The highest BCUT2D eigenvalue weighted by atomic mass is 16.7. The summed E-state index contributed by atoms with van der Waals surface area (Å²) in [6.45, 7) is 5.07. The molecule has 114 valence electrons. The Bertz CT molecular complexity index is 530. The molecule has 1 aromatic rings. The molecule has 6 heteroatoms. The first kappa shape index (κ1) is 15.2. The van der Waals surface area contributed by atoms with E-state index < -0.39 is 0 Å². The summed E-state index contributed by atoms with van der Waals surface area (Å²) in [6, 6.07) is 5.44. The molecule has 0 saturated heterocycles. The second-order valence-corrected chi connectivity index (χ2v) is 4.73.